The van der Waals surface area contributed by atoms with Gasteiger partial charge in [0.05, 0.1) is 35.0 Å². The Morgan fingerprint density at radius 3 is 2.70 bits per heavy atom. The minimum Gasteiger partial charge on any atom is -0.507 e. The van der Waals surface area contributed by atoms with Crippen LogP contribution in [0.15, 0.2) is 60.2 Å². The third-order valence-corrected chi connectivity index (χ3v) is 9.00. The summed E-state index contributed by atoms with van der Waals surface area (Å²) in [4.78, 5) is 33.6. The van der Waals surface area contributed by atoms with Gasteiger partial charge in [0.1, 0.15) is 17.6 Å². The van der Waals surface area contributed by atoms with E-state index in [1.165, 1.54) is 16.2 Å². The SMILES string of the molecule is CCCCCOc1ccc([C@@H]2/C(=C(\O)c3ccc4c(c3)C[C@@H](C)O4)C(=O)C(=O)N2c2nc3ccc(Cl)cc3s2)cc1OCC. The predicted octanol–water partition coefficient (Wildman–Crippen LogP) is 7.87. The molecule has 1 amide bonds. The van der Waals surface area contributed by atoms with Gasteiger partial charge in [-0.3, -0.25) is 14.5 Å². The maximum atomic E-state index is 13.8. The van der Waals surface area contributed by atoms with Gasteiger partial charge in [-0.15, -0.1) is 0 Å². The molecule has 2 aliphatic rings. The number of thiazole rings is 1. The molecule has 1 aromatic heterocycles. The van der Waals surface area contributed by atoms with Crippen molar-refractivity contribution >= 4 is 55.7 Å². The van der Waals surface area contributed by atoms with Crippen molar-refractivity contribution in [1.29, 1.82) is 0 Å². The van der Waals surface area contributed by atoms with Crippen molar-refractivity contribution in [1.82, 2.24) is 4.98 Å². The molecule has 1 saturated heterocycles. The first-order valence-corrected chi connectivity index (χ1v) is 16.0. The van der Waals surface area contributed by atoms with Gasteiger partial charge in [-0.1, -0.05) is 48.8 Å². The van der Waals surface area contributed by atoms with E-state index in [-0.39, 0.29) is 17.4 Å². The van der Waals surface area contributed by atoms with E-state index in [2.05, 4.69) is 11.9 Å². The molecule has 228 valence electrons. The van der Waals surface area contributed by atoms with E-state index in [1.807, 2.05) is 19.9 Å². The summed E-state index contributed by atoms with van der Waals surface area (Å²) in [6.45, 7) is 6.92. The quantitative estimate of drug-likeness (QED) is 0.0822. The summed E-state index contributed by atoms with van der Waals surface area (Å²) in [5, 5.41) is 12.6. The van der Waals surface area contributed by atoms with Crippen LogP contribution in [0.4, 0.5) is 5.13 Å². The highest BCUT2D eigenvalue weighted by Crippen LogP contribution is 2.46. The molecule has 0 bridgehead atoms. The standard InChI is InChI=1S/C34H33ClN2O6S/c1-4-6-7-14-42-26-13-8-20(17-27(26)41-5-2)30-29(31(38)21-9-12-25-22(16-21)15-19(3)43-25)32(39)33(40)37(30)34-36-24-11-10-23(35)18-28(24)44-34/h8-13,16-19,30,38H,4-7,14-15H2,1-3H3/b31-29+/t19-,30-/m1/s1. The van der Waals surface area contributed by atoms with Crippen molar-refractivity contribution in [3.05, 3.63) is 81.9 Å². The summed E-state index contributed by atoms with van der Waals surface area (Å²) in [6, 6.07) is 15.0. The van der Waals surface area contributed by atoms with Crippen LogP contribution in [0.2, 0.25) is 5.02 Å². The van der Waals surface area contributed by atoms with Crippen LogP contribution >= 0.6 is 22.9 Å². The first kappa shape index (κ1) is 30.0. The van der Waals surface area contributed by atoms with Crippen LogP contribution < -0.4 is 19.1 Å². The van der Waals surface area contributed by atoms with E-state index in [0.717, 1.165) is 35.3 Å². The van der Waals surface area contributed by atoms with Gasteiger partial charge in [-0.05, 0) is 79.9 Å². The normalized spacial score (nSPS) is 19.0. The fourth-order valence-electron chi connectivity index (χ4n) is 5.68. The molecule has 44 heavy (non-hydrogen) atoms. The van der Waals surface area contributed by atoms with Gasteiger partial charge in [0.2, 0.25) is 0 Å². The third-order valence-electron chi connectivity index (χ3n) is 7.75. The molecule has 2 aliphatic heterocycles. The highest BCUT2D eigenvalue weighted by atomic mass is 35.5. The number of benzene rings is 3. The van der Waals surface area contributed by atoms with Crippen LogP contribution in [0.1, 0.15) is 62.8 Å². The smallest absolute Gasteiger partial charge is 0.301 e. The van der Waals surface area contributed by atoms with Gasteiger partial charge in [-0.2, -0.15) is 0 Å². The second-order valence-corrected chi connectivity index (χ2v) is 12.4. The summed E-state index contributed by atoms with van der Waals surface area (Å²) in [6.07, 6.45) is 3.74. The number of halogens is 1. The van der Waals surface area contributed by atoms with Crippen molar-refractivity contribution in [2.24, 2.45) is 0 Å². The molecule has 10 heteroatoms. The van der Waals surface area contributed by atoms with Crippen molar-refractivity contribution in [3.63, 3.8) is 0 Å². The van der Waals surface area contributed by atoms with E-state index in [1.54, 1.807) is 48.5 Å². The first-order valence-electron chi connectivity index (χ1n) is 14.9. The largest absolute Gasteiger partial charge is 0.507 e. The van der Waals surface area contributed by atoms with Crippen LogP contribution in [-0.2, 0) is 16.0 Å². The highest BCUT2D eigenvalue weighted by molar-refractivity contribution is 7.22. The van der Waals surface area contributed by atoms with Gasteiger partial charge in [-0.25, -0.2) is 4.98 Å². The molecule has 0 spiro atoms. The molecule has 0 saturated carbocycles. The first-order chi connectivity index (χ1) is 21.3. The molecule has 1 N–H and O–H groups in total. The number of anilines is 1. The van der Waals surface area contributed by atoms with Crippen LogP contribution in [0, 0.1) is 0 Å². The summed E-state index contributed by atoms with van der Waals surface area (Å²) in [7, 11) is 0. The number of aliphatic hydroxyl groups excluding tert-OH is 1. The zero-order valence-electron chi connectivity index (χ0n) is 24.8. The average molecular weight is 633 g/mol. The van der Waals surface area contributed by atoms with Crippen molar-refractivity contribution in [2.75, 3.05) is 18.1 Å². The lowest BCUT2D eigenvalue weighted by Crippen LogP contribution is -2.29. The van der Waals surface area contributed by atoms with Crippen LogP contribution in [0.25, 0.3) is 16.0 Å². The zero-order chi connectivity index (χ0) is 31.0. The lowest BCUT2D eigenvalue weighted by molar-refractivity contribution is -0.132. The second kappa shape index (κ2) is 12.5. The van der Waals surface area contributed by atoms with E-state index >= 15 is 0 Å². The Balaban J connectivity index is 1.49. The van der Waals surface area contributed by atoms with Gasteiger partial charge in [0.25, 0.3) is 5.78 Å². The van der Waals surface area contributed by atoms with Crippen molar-refractivity contribution in [3.8, 4) is 17.2 Å². The Bertz CT molecular complexity index is 1780. The molecular weight excluding hydrogens is 600 g/mol. The number of hydrogen-bond donors (Lipinski definition) is 1. The Hall–Kier alpha value is -4.08. The number of ether oxygens (including phenoxy) is 3. The summed E-state index contributed by atoms with van der Waals surface area (Å²) in [5.41, 5.74) is 2.55. The molecule has 1 fully saturated rings. The Morgan fingerprint density at radius 2 is 1.91 bits per heavy atom. The Kier molecular flexibility index (Phi) is 8.51. The number of carbonyl (C=O) groups excluding carboxylic acids is 2. The molecule has 3 aromatic carbocycles. The molecule has 6 rings (SSSR count). The monoisotopic (exact) mass is 632 g/mol. The number of rotatable bonds is 10. The minimum absolute atomic E-state index is 0.0141. The Morgan fingerprint density at radius 1 is 1.07 bits per heavy atom. The Labute approximate surface area is 264 Å². The van der Waals surface area contributed by atoms with E-state index in [9.17, 15) is 14.7 Å². The molecule has 0 aliphatic carbocycles. The number of ketones is 1. The fourth-order valence-corrected chi connectivity index (χ4v) is 6.94. The number of aliphatic hydroxyl groups is 1. The summed E-state index contributed by atoms with van der Waals surface area (Å²) in [5.74, 6) is -0.0291. The van der Waals surface area contributed by atoms with Crippen LogP contribution in [-0.4, -0.2) is 41.1 Å². The number of aromatic nitrogens is 1. The maximum absolute atomic E-state index is 13.8. The number of unbranched alkanes of at least 4 members (excludes halogenated alkanes) is 2. The third kappa shape index (κ3) is 5.62. The van der Waals surface area contributed by atoms with Gasteiger partial charge < -0.3 is 19.3 Å². The van der Waals surface area contributed by atoms with Crippen LogP contribution in [0.5, 0.6) is 17.2 Å². The molecule has 4 aromatic rings. The number of hydrogen-bond acceptors (Lipinski definition) is 8. The molecule has 0 unspecified atom stereocenters. The number of carbonyl (C=O) groups is 2. The fraction of sp³-hybridized carbons (Fsp3) is 0.324. The minimum atomic E-state index is -0.970. The number of nitrogens with zero attached hydrogens (tertiary/aromatic N) is 2. The number of fused-ring (bicyclic) bond motifs is 2. The lowest BCUT2D eigenvalue weighted by Gasteiger charge is -2.24. The molecular formula is C34H33ClN2O6S. The molecule has 8 nitrogen and oxygen atoms in total. The number of amides is 1. The van der Waals surface area contributed by atoms with Crippen LogP contribution in [0.3, 0.4) is 0 Å². The van der Waals surface area contributed by atoms with E-state index < -0.39 is 17.7 Å². The van der Waals surface area contributed by atoms with Crippen molar-refractivity contribution in [2.45, 2.75) is 58.6 Å². The molecule has 0 radical (unpaired) electrons. The van der Waals surface area contributed by atoms with Crippen molar-refractivity contribution < 1.29 is 28.9 Å². The number of Topliss-reactive ketones (excluding diaryl/α,β-unsaturated/α-hetero) is 1. The topological polar surface area (TPSA) is 98.2 Å². The molecule has 2 atom stereocenters. The second-order valence-electron chi connectivity index (χ2n) is 10.9. The van der Waals surface area contributed by atoms with E-state index in [4.69, 9.17) is 25.8 Å². The molecule has 3 heterocycles. The zero-order valence-corrected chi connectivity index (χ0v) is 26.3. The summed E-state index contributed by atoms with van der Waals surface area (Å²) < 4.78 is 18.6. The van der Waals surface area contributed by atoms with Gasteiger partial charge in [0.15, 0.2) is 16.6 Å². The average Bonchev–Trinajstić information content (AvgIpc) is 3.67. The predicted molar refractivity (Wildman–Crippen MR) is 172 cm³/mol. The van der Waals surface area contributed by atoms with Gasteiger partial charge in [0, 0.05) is 17.0 Å². The highest BCUT2D eigenvalue weighted by Gasteiger charge is 2.48. The lowest BCUT2D eigenvalue weighted by atomic mass is 9.94. The maximum Gasteiger partial charge on any atom is 0.301 e. The van der Waals surface area contributed by atoms with E-state index in [0.29, 0.717) is 57.9 Å². The van der Waals surface area contributed by atoms with Gasteiger partial charge >= 0.3 is 5.91 Å². The summed E-state index contributed by atoms with van der Waals surface area (Å²) >= 11 is 7.48.